The van der Waals surface area contributed by atoms with E-state index in [0.717, 1.165) is 5.69 Å². The van der Waals surface area contributed by atoms with Gasteiger partial charge >= 0.3 is 0 Å². The number of benzene rings is 14. The molecule has 15 rings (SSSR count). The first-order valence-electron chi connectivity index (χ1n) is 22.6. The van der Waals surface area contributed by atoms with E-state index in [9.17, 15) is 0 Å². The molecule has 1 heterocycles. The van der Waals surface area contributed by atoms with Gasteiger partial charge in [0.25, 0.3) is 0 Å². The van der Waals surface area contributed by atoms with Crippen molar-refractivity contribution >= 4 is 97.2 Å². The van der Waals surface area contributed by atoms with Crippen LogP contribution in [0.3, 0.4) is 0 Å². The van der Waals surface area contributed by atoms with Crippen LogP contribution in [0.15, 0.2) is 224 Å². The zero-order valence-electron chi connectivity index (χ0n) is 35.3. The van der Waals surface area contributed by atoms with E-state index in [1.807, 2.05) is 0 Å². The molecule has 0 saturated carbocycles. The average molecular weight is 820 g/mol. The highest BCUT2D eigenvalue weighted by molar-refractivity contribution is 6.28. The lowest BCUT2D eigenvalue weighted by atomic mass is 9.89. The molecule has 0 aliphatic heterocycles. The summed E-state index contributed by atoms with van der Waals surface area (Å²) in [4.78, 5) is 0. The molecule has 0 amide bonds. The van der Waals surface area contributed by atoms with Gasteiger partial charge in [-0.15, -0.1) is 0 Å². The summed E-state index contributed by atoms with van der Waals surface area (Å²) in [5.74, 6) is 0. The van der Waals surface area contributed by atoms with Crippen LogP contribution < -0.4 is 0 Å². The van der Waals surface area contributed by atoms with Gasteiger partial charge in [-0.1, -0.05) is 188 Å². The lowest BCUT2D eigenvalue weighted by Crippen LogP contribution is -1.94. The highest BCUT2D eigenvalue weighted by Crippen LogP contribution is 2.45. The van der Waals surface area contributed by atoms with Gasteiger partial charge in [-0.05, 0) is 156 Å². The van der Waals surface area contributed by atoms with Gasteiger partial charge in [0.2, 0.25) is 0 Å². The van der Waals surface area contributed by atoms with Crippen molar-refractivity contribution in [2.75, 3.05) is 0 Å². The van der Waals surface area contributed by atoms with E-state index in [1.165, 1.54) is 142 Å². The van der Waals surface area contributed by atoms with Gasteiger partial charge < -0.3 is 4.57 Å². The SMILES string of the molecule is c1ccc(-n2c3cc(-c4ccc(-c5ccc6ccc7cccc8ccc5c6c78)cc4)cc4ccc5cc(-c6ccc(-c7ccc8ccc9cccc%10ccc7c8c9%10)cc6)cc2c5c43)cc1. The Balaban J connectivity index is 0.849. The Bertz CT molecular complexity index is 4070. The van der Waals surface area contributed by atoms with Gasteiger partial charge in [0.05, 0.1) is 11.0 Å². The highest BCUT2D eigenvalue weighted by Gasteiger charge is 2.21. The molecule has 0 saturated heterocycles. The second kappa shape index (κ2) is 13.0. The van der Waals surface area contributed by atoms with Gasteiger partial charge in [-0.25, -0.2) is 0 Å². The fourth-order valence-corrected chi connectivity index (χ4v) is 11.6. The van der Waals surface area contributed by atoms with Crippen molar-refractivity contribution in [2.45, 2.75) is 0 Å². The maximum absolute atomic E-state index is 2.48. The van der Waals surface area contributed by atoms with Crippen LogP contribution in [-0.2, 0) is 0 Å². The summed E-state index contributed by atoms with van der Waals surface area (Å²) < 4.78 is 2.48. The minimum absolute atomic E-state index is 1.16. The van der Waals surface area contributed by atoms with E-state index in [2.05, 4.69) is 229 Å². The summed E-state index contributed by atoms with van der Waals surface area (Å²) in [5.41, 5.74) is 13.4. The number of hydrogen-bond acceptors (Lipinski definition) is 0. The number of hydrogen-bond donors (Lipinski definition) is 0. The monoisotopic (exact) mass is 819 g/mol. The van der Waals surface area contributed by atoms with E-state index >= 15 is 0 Å². The maximum Gasteiger partial charge on any atom is 0.0553 e. The first-order chi connectivity index (χ1) is 32.2. The van der Waals surface area contributed by atoms with E-state index in [4.69, 9.17) is 0 Å². The molecule has 0 spiro atoms. The molecular weight excluding hydrogens is 783 g/mol. The molecule has 0 fully saturated rings. The molecule has 298 valence electrons. The molecule has 0 aliphatic carbocycles. The predicted molar refractivity (Wildman–Crippen MR) is 279 cm³/mol. The van der Waals surface area contributed by atoms with Gasteiger partial charge in [0.15, 0.2) is 0 Å². The summed E-state index contributed by atoms with van der Waals surface area (Å²) in [7, 11) is 0. The third-order valence-electron chi connectivity index (χ3n) is 14.6. The van der Waals surface area contributed by atoms with Crippen LogP contribution in [0.4, 0.5) is 0 Å². The maximum atomic E-state index is 2.48. The number of rotatable bonds is 5. The zero-order valence-corrected chi connectivity index (χ0v) is 35.3. The van der Waals surface area contributed by atoms with Gasteiger partial charge in [0.1, 0.15) is 0 Å². The Morgan fingerprint density at radius 3 is 1.03 bits per heavy atom. The van der Waals surface area contributed by atoms with Crippen molar-refractivity contribution in [3.05, 3.63) is 224 Å². The molecule has 65 heavy (non-hydrogen) atoms. The van der Waals surface area contributed by atoms with Gasteiger partial charge in [0, 0.05) is 16.5 Å². The third kappa shape index (κ3) is 4.98. The van der Waals surface area contributed by atoms with Crippen LogP contribution in [0.25, 0.3) is 147 Å². The average Bonchev–Trinajstić information content (AvgIpc) is 3.71. The quantitative estimate of drug-likeness (QED) is 0.152. The Labute approximate surface area is 374 Å². The molecule has 0 aliphatic rings. The minimum atomic E-state index is 1.16. The van der Waals surface area contributed by atoms with E-state index in [0.29, 0.717) is 0 Å². The smallest absolute Gasteiger partial charge is 0.0553 e. The lowest BCUT2D eigenvalue weighted by molar-refractivity contribution is 1.18. The summed E-state index contributed by atoms with van der Waals surface area (Å²) in [6.45, 7) is 0. The first kappa shape index (κ1) is 35.0. The van der Waals surface area contributed by atoms with Crippen LogP contribution in [0.5, 0.6) is 0 Å². The summed E-state index contributed by atoms with van der Waals surface area (Å²) >= 11 is 0. The molecule has 0 atom stereocenters. The van der Waals surface area contributed by atoms with E-state index in [-0.39, 0.29) is 0 Å². The topological polar surface area (TPSA) is 4.93 Å². The Morgan fingerprint density at radius 1 is 0.215 bits per heavy atom. The van der Waals surface area contributed by atoms with Crippen LogP contribution in [0.1, 0.15) is 0 Å². The molecule has 1 heteroatoms. The largest absolute Gasteiger partial charge is 0.309 e. The summed E-state index contributed by atoms with van der Waals surface area (Å²) in [6.07, 6.45) is 0. The van der Waals surface area contributed by atoms with E-state index < -0.39 is 0 Å². The Hall–Kier alpha value is -8.52. The molecule has 1 nitrogen and oxygen atoms in total. The van der Waals surface area contributed by atoms with E-state index in [1.54, 1.807) is 0 Å². The Morgan fingerprint density at radius 2 is 0.585 bits per heavy atom. The fourth-order valence-electron chi connectivity index (χ4n) is 11.6. The molecule has 1 aromatic heterocycles. The van der Waals surface area contributed by atoms with Crippen molar-refractivity contribution in [1.82, 2.24) is 4.57 Å². The van der Waals surface area contributed by atoms with Gasteiger partial charge in [-0.2, -0.15) is 0 Å². The number of aromatic nitrogens is 1. The van der Waals surface area contributed by atoms with Crippen LogP contribution in [0, 0.1) is 0 Å². The molecule has 14 aromatic carbocycles. The molecule has 15 aromatic rings. The first-order valence-corrected chi connectivity index (χ1v) is 22.6. The van der Waals surface area contributed by atoms with Crippen molar-refractivity contribution < 1.29 is 0 Å². The highest BCUT2D eigenvalue weighted by atomic mass is 15.0. The van der Waals surface area contributed by atoms with Crippen LogP contribution in [0.2, 0.25) is 0 Å². The molecular formula is C64H37N. The number of nitrogens with zero attached hydrogens (tertiary/aromatic N) is 1. The molecule has 0 bridgehead atoms. The van der Waals surface area contributed by atoms with Crippen molar-refractivity contribution in [3.63, 3.8) is 0 Å². The lowest BCUT2D eigenvalue weighted by Gasteiger charge is -2.14. The summed E-state index contributed by atoms with van der Waals surface area (Å²) in [5, 5.41) is 20.9. The summed E-state index contributed by atoms with van der Waals surface area (Å²) in [6, 6.07) is 84.2. The molecule has 0 N–H and O–H groups in total. The van der Waals surface area contributed by atoms with Crippen molar-refractivity contribution in [1.29, 1.82) is 0 Å². The van der Waals surface area contributed by atoms with Crippen LogP contribution in [-0.4, -0.2) is 4.57 Å². The Kier molecular flexibility index (Phi) is 7.01. The molecule has 0 radical (unpaired) electrons. The van der Waals surface area contributed by atoms with Crippen molar-refractivity contribution in [2.24, 2.45) is 0 Å². The molecule has 0 unspecified atom stereocenters. The van der Waals surface area contributed by atoms with Crippen LogP contribution >= 0.6 is 0 Å². The standard InChI is InChI=1S/C64H37N/c1-2-10-52(11-3-1)65-57-36-50(38-12-16-40(17-13-38)53-30-26-46-22-20-42-6-4-8-44-28-32-55(53)61(46)59(42)44)34-48-24-25-49-35-51(37-58(65)64(49)63(48)57)39-14-18-41(19-15-39)54-31-27-47-23-21-43-7-5-9-45-29-33-56(54)62(47)60(43)45/h1-37H. The van der Waals surface area contributed by atoms with Gasteiger partial charge in [-0.3, -0.25) is 0 Å². The number of para-hydroxylation sites is 1. The third-order valence-corrected chi connectivity index (χ3v) is 14.6. The minimum Gasteiger partial charge on any atom is -0.309 e. The second-order valence-electron chi connectivity index (χ2n) is 18.0. The normalized spacial score (nSPS) is 12.3. The predicted octanol–water partition coefficient (Wildman–Crippen LogP) is 17.8. The zero-order chi connectivity index (χ0) is 42.3. The fraction of sp³-hybridized carbons (Fsp3) is 0. The van der Waals surface area contributed by atoms with Crippen molar-refractivity contribution in [3.8, 4) is 50.2 Å². The second-order valence-corrected chi connectivity index (χ2v) is 18.0.